The summed E-state index contributed by atoms with van der Waals surface area (Å²) < 4.78 is 5.57. The first-order valence-electron chi connectivity index (χ1n) is 7.66. The molecular formula is C15H28N2O3. The van der Waals surface area contributed by atoms with E-state index in [1.807, 2.05) is 6.92 Å². The van der Waals surface area contributed by atoms with Gasteiger partial charge in [-0.1, -0.05) is 27.2 Å². The first-order chi connectivity index (χ1) is 9.47. The molecule has 1 heterocycles. The Kier molecular flexibility index (Phi) is 6.99. The average molecular weight is 284 g/mol. The smallest absolute Gasteiger partial charge is 0.245 e. The van der Waals surface area contributed by atoms with E-state index in [1.165, 1.54) is 0 Å². The Bertz CT molecular complexity index is 331. The second kappa shape index (κ2) is 8.25. The van der Waals surface area contributed by atoms with E-state index in [0.29, 0.717) is 32.1 Å². The van der Waals surface area contributed by atoms with Crippen LogP contribution in [0.25, 0.3) is 0 Å². The largest absolute Gasteiger partial charge is 0.380 e. The molecule has 116 valence electrons. The minimum atomic E-state index is -0.425. The van der Waals surface area contributed by atoms with Crippen molar-refractivity contribution in [1.82, 2.24) is 10.2 Å². The lowest BCUT2D eigenvalue weighted by Crippen LogP contribution is -2.62. The van der Waals surface area contributed by atoms with Gasteiger partial charge in [-0.15, -0.1) is 0 Å². The summed E-state index contributed by atoms with van der Waals surface area (Å²) in [5, 5.41) is 2.74. The van der Waals surface area contributed by atoms with Gasteiger partial charge in [-0.05, 0) is 25.7 Å². The fraction of sp³-hybridized carbons (Fsp3) is 0.867. The van der Waals surface area contributed by atoms with Gasteiger partial charge in [-0.2, -0.15) is 0 Å². The molecule has 0 spiro atoms. The van der Waals surface area contributed by atoms with Crippen LogP contribution in [0.4, 0.5) is 0 Å². The predicted octanol–water partition coefficient (Wildman–Crippen LogP) is 1.56. The van der Waals surface area contributed by atoms with Crippen molar-refractivity contribution in [2.75, 3.05) is 19.8 Å². The summed E-state index contributed by atoms with van der Waals surface area (Å²) >= 11 is 0. The van der Waals surface area contributed by atoms with Crippen LogP contribution in [0.15, 0.2) is 0 Å². The molecule has 20 heavy (non-hydrogen) atoms. The van der Waals surface area contributed by atoms with Crippen molar-refractivity contribution in [2.24, 2.45) is 5.92 Å². The van der Waals surface area contributed by atoms with Gasteiger partial charge in [0.1, 0.15) is 12.1 Å². The molecule has 1 saturated heterocycles. The maximum atomic E-state index is 12.2. The fourth-order valence-corrected chi connectivity index (χ4v) is 2.33. The summed E-state index contributed by atoms with van der Waals surface area (Å²) in [6, 6.07) is -0.760. The predicted molar refractivity (Wildman–Crippen MR) is 78.3 cm³/mol. The van der Waals surface area contributed by atoms with Gasteiger partial charge < -0.3 is 15.0 Å². The first-order valence-corrected chi connectivity index (χ1v) is 7.66. The molecule has 1 fully saturated rings. The third-order valence-electron chi connectivity index (χ3n) is 3.57. The highest BCUT2D eigenvalue weighted by Gasteiger charge is 2.37. The summed E-state index contributed by atoms with van der Waals surface area (Å²) in [4.78, 5) is 25.8. The van der Waals surface area contributed by atoms with Gasteiger partial charge in [0, 0.05) is 13.2 Å². The number of hydrogen-bond donors (Lipinski definition) is 1. The summed E-state index contributed by atoms with van der Waals surface area (Å²) in [7, 11) is 0. The van der Waals surface area contributed by atoms with Crippen LogP contribution in [-0.4, -0.2) is 48.6 Å². The van der Waals surface area contributed by atoms with E-state index in [-0.39, 0.29) is 17.9 Å². The molecule has 0 saturated carbocycles. The second-order valence-electron chi connectivity index (χ2n) is 5.86. The lowest BCUT2D eigenvalue weighted by atomic mass is 10.0. The number of ether oxygens (including phenoxy) is 1. The Morgan fingerprint density at radius 1 is 1.30 bits per heavy atom. The standard InChI is InChI=1S/C15H28N2O3/c1-5-6-13-14(18)16-12(4)15(19)17(13)8-10-20-9-7-11(2)3/h11-13H,5-10H2,1-4H3,(H,16,18). The normalized spacial score (nSPS) is 23.4. The van der Waals surface area contributed by atoms with Crippen molar-refractivity contribution >= 4 is 11.8 Å². The highest BCUT2D eigenvalue weighted by atomic mass is 16.5. The second-order valence-corrected chi connectivity index (χ2v) is 5.86. The lowest BCUT2D eigenvalue weighted by Gasteiger charge is -2.37. The molecule has 2 unspecified atom stereocenters. The van der Waals surface area contributed by atoms with E-state index in [4.69, 9.17) is 4.74 Å². The molecule has 2 amide bonds. The quantitative estimate of drug-likeness (QED) is 0.688. The van der Waals surface area contributed by atoms with Gasteiger partial charge in [0.2, 0.25) is 11.8 Å². The van der Waals surface area contributed by atoms with Crippen molar-refractivity contribution in [2.45, 2.75) is 59.0 Å². The Hall–Kier alpha value is -1.10. The number of carbonyl (C=O) groups is 2. The topological polar surface area (TPSA) is 58.6 Å². The van der Waals surface area contributed by atoms with E-state index in [9.17, 15) is 9.59 Å². The molecule has 0 aliphatic carbocycles. The van der Waals surface area contributed by atoms with Gasteiger partial charge in [-0.25, -0.2) is 0 Å². The fourth-order valence-electron chi connectivity index (χ4n) is 2.33. The molecule has 5 nitrogen and oxygen atoms in total. The highest BCUT2D eigenvalue weighted by molar-refractivity contribution is 5.96. The van der Waals surface area contributed by atoms with Crippen molar-refractivity contribution < 1.29 is 14.3 Å². The molecule has 0 bridgehead atoms. The number of carbonyl (C=O) groups excluding carboxylic acids is 2. The number of piperazine rings is 1. The molecule has 1 rings (SSSR count). The third-order valence-corrected chi connectivity index (χ3v) is 3.57. The summed E-state index contributed by atoms with van der Waals surface area (Å²) in [5.74, 6) is 0.571. The van der Waals surface area contributed by atoms with E-state index in [2.05, 4.69) is 19.2 Å². The third kappa shape index (κ3) is 4.78. The van der Waals surface area contributed by atoms with Crippen molar-refractivity contribution in [3.63, 3.8) is 0 Å². The molecule has 1 aliphatic rings. The van der Waals surface area contributed by atoms with Crippen LogP contribution in [0.5, 0.6) is 0 Å². The molecule has 1 N–H and O–H groups in total. The number of hydrogen-bond acceptors (Lipinski definition) is 3. The zero-order valence-corrected chi connectivity index (χ0v) is 13.1. The number of rotatable bonds is 8. The molecular weight excluding hydrogens is 256 g/mol. The molecule has 1 aliphatic heterocycles. The van der Waals surface area contributed by atoms with Crippen molar-refractivity contribution in [3.8, 4) is 0 Å². The lowest BCUT2D eigenvalue weighted by molar-refractivity contribution is -0.149. The van der Waals surface area contributed by atoms with Crippen LogP contribution in [0.1, 0.15) is 47.0 Å². The van der Waals surface area contributed by atoms with Crippen molar-refractivity contribution in [3.05, 3.63) is 0 Å². The van der Waals surface area contributed by atoms with E-state index in [1.54, 1.807) is 11.8 Å². The van der Waals surface area contributed by atoms with Gasteiger partial charge in [0.15, 0.2) is 0 Å². The van der Waals surface area contributed by atoms with Crippen LogP contribution in [0.2, 0.25) is 0 Å². The maximum Gasteiger partial charge on any atom is 0.245 e. The zero-order chi connectivity index (χ0) is 15.1. The summed E-state index contributed by atoms with van der Waals surface area (Å²) in [5.41, 5.74) is 0. The number of nitrogens with zero attached hydrogens (tertiary/aromatic N) is 1. The van der Waals surface area contributed by atoms with E-state index < -0.39 is 6.04 Å². The zero-order valence-electron chi connectivity index (χ0n) is 13.1. The van der Waals surface area contributed by atoms with Gasteiger partial charge in [-0.3, -0.25) is 9.59 Å². The van der Waals surface area contributed by atoms with Crippen molar-refractivity contribution in [1.29, 1.82) is 0 Å². The van der Waals surface area contributed by atoms with Crippen LogP contribution in [-0.2, 0) is 14.3 Å². The molecule has 0 aromatic heterocycles. The molecule has 0 aromatic rings. The van der Waals surface area contributed by atoms with E-state index in [0.717, 1.165) is 12.8 Å². The van der Waals surface area contributed by atoms with Crippen LogP contribution in [0, 0.1) is 5.92 Å². The monoisotopic (exact) mass is 284 g/mol. The minimum absolute atomic E-state index is 0.00416. The SMILES string of the molecule is CCCC1C(=O)NC(C)C(=O)N1CCOCCC(C)C. The average Bonchev–Trinajstić information content (AvgIpc) is 2.38. The Balaban J connectivity index is 2.48. The van der Waals surface area contributed by atoms with Crippen LogP contribution in [0.3, 0.4) is 0 Å². The van der Waals surface area contributed by atoms with Gasteiger partial charge in [0.05, 0.1) is 6.61 Å². The Labute approximate surface area is 122 Å². The molecule has 0 aromatic carbocycles. The minimum Gasteiger partial charge on any atom is -0.380 e. The van der Waals surface area contributed by atoms with Crippen LogP contribution >= 0.6 is 0 Å². The number of nitrogens with one attached hydrogen (secondary N) is 1. The maximum absolute atomic E-state index is 12.2. The molecule has 2 atom stereocenters. The summed E-state index contributed by atoms with van der Waals surface area (Å²) in [6.45, 7) is 9.77. The number of amides is 2. The van der Waals surface area contributed by atoms with Crippen LogP contribution < -0.4 is 5.32 Å². The Morgan fingerprint density at radius 3 is 2.60 bits per heavy atom. The Morgan fingerprint density at radius 2 is 2.00 bits per heavy atom. The first kappa shape index (κ1) is 17.0. The molecule has 5 heteroatoms. The van der Waals surface area contributed by atoms with Gasteiger partial charge in [0.25, 0.3) is 0 Å². The van der Waals surface area contributed by atoms with Gasteiger partial charge >= 0.3 is 0 Å². The molecule has 0 radical (unpaired) electrons. The van der Waals surface area contributed by atoms with E-state index >= 15 is 0 Å². The highest BCUT2D eigenvalue weighted by Crippen LogP contribution is 2.14. The summed E-state index contributed by atoms with van der Waals surface area (Å²) in [6.07, 6.45) is 2.60.